The fraction of sp³-hybridized carbons (Fsp3) is 1.00. The molecule has 0 N–H and O–H groups in total. The van der Waals surface area contributed by atoms with Crippen LogP contribution in [0, 0.1) is 0 Å². The zero-order valence-electron chi connectivity index (χ0n) is 9.41. The molecule has 0 bridgehead atoms. The minimum Gasteiger partial charge on any atom is -0.300 e. The molecule has 0 spiro atoms. The van der Waals surface area contributed by atoms with Gasteiger partial charge in [0.1, 0.15) is 0 Å². The zero-order valence-corrected chi connectivity index (χ0v) is 9.41. The van der Waals surface area contributed by atoms with Crippen LogP contribution in [0.5, 0.6) is 0 Å². The van der Waals surface area contributed by atoms with Crippen molar-refractivity contribution < 1.29 is 0 Å². The van der Waals surface area contributed by atoms with Crippen molar-refractivity contribution in [1.82, 2.24) is 10.2 Å². The van der Waals surface area contributed by atoms with Crippen molar-refractivity contribution in [2.24, 2.45) is 0 Å². The smallest absolute Gasteiger partial charge is 0.0148 e. The summed E-state index contributed by atoms with van der Waals surface area (Å²) in [5.41, 5.74) is 0. The van der Waals surface area contributed by atoms with Crippen LogP contribution < -0.4 is 5.32 Å². The van der Waals surface area contributed by atoms with Crippen molar-refractivity contribution >= 4 is 0 Å². The van der Waals surface area contributed by atoms with Gasteiger partial charge in [0.2, 0.25) is 0 Å². The van der Waals surface area contributed by atoms with E-state index in [-0.39, 0.29) is 0 Å². The van der Waals surface area contributed by atoms with Gasteiger partial charge in [-0.25, -0.2) is 5.32 Å². The topological polar surface area (TPSA) is 17.3 Å². The van der Waals surface area contributed by atoms with Gasteiger partial charge in [0, 0.05) is 25.2 Å². The Morgan fingerprint density at radius 3 is 2.07 bits per heavy atom. The maximum Gasteiger partial charge on any atom is 0.0148 e. The first kappa shape index (κ1) is 10.4. The average Bonchev–Trinajstić information content (AvgIpc) is 2.30. The molecule has 1 saturated carbocycles. The Hall–Kier alpha value is -0.0800. The summed E-state index contributed by atoms with van der Waals surface area (Å²) < 4.78 is 0. The van der Waals surface area contributed by atoms with Gasteiger partial charge < -0.3 is 4.90 Å². The van der Waals surface area contributed by atoms with E-state index in [1.165, 1.54) is 44.9 Å². The van der Waals surface area contributed by atoms with Gasteiger partial charge in [-0.2, -0.15) is 0 Å². The van der Waals surface area contributed by atoms with E-state index in [1.807, 2.05) is 0 Å². The molecule has 0 atom stereocenters. The van der Waals surface area contributed by atoms with Crippen LogP contribution in [0.4, 0.5) is 0 Å². The molecule has 1 saturated heterocycles. The van der Waals surface area contributed by atoms with Gasteiger partial charge in [0.25, 0.3) is 0 Å². The van der Waals surface area contributed by atoms with Gasteiger partial charge in [-0.15, -0.1) is 0 Å². The molecular formula is C12H23N2. The number of nitrogens with zero attached hydrogens (tertiary/aromatic N) is 2. The molecule has 2 rings (SSSR count). The number of hydrogen-bond acceptors (Lipinski definition) is 1. The predicted octanol–water partition coefficient (Wildman–Crippen LogP) is 2.02. The van der Waals surface area contributed by atoms with E-state index < -0.39 is 0 Å². The van der Waals surface area contributed by atoms with E-state index in [2.05, 4.69) is 17.3 Å². The minimum atomic E-state index is 0.829. The van der Waals surface area contributed by atoms with Crippen LogP contribution in [-0.2, 0) is 0 Å². The molecule has 1 radical (unpaired) electrons. The maximum absolute atomic E-state index is 4.43. The summed E-state index contributed by atoms with van der Waals surface area (Å²) in [7, 11) is 2.34. The van der Waals surface area contributed by atoms with E-state index in [0.717, 1.165) is 25.2 Å². The summed E-state index contributed by atoms with van der Waals surface area (Å²) in [4.78, 5) is 2.66. The van der Waals surface area contributed by atoms with Crippen molar-refractivity contribution in [2.75, 3.05) is 20.1 Å². The Balaban J connectivity index is 1.82. The zero-order chi connectivity index (χ0) is 9.80. The fourth-order valence-electron chi connectivity index (χ4n) is 2.93. The first-order chi connectivity index (χ1) is 6.88. The third-order valence-corrected chi connectivity index (χ3v) is 3.97. The summed E-state index contributed by atoms with van der Waals surface area (Å²) in [5, 5.41) is 4.43. The number of hydrogen-bond donors (Lipinski definition) is 0. The molecule has 0 aromatic rings. The fourth-order valence-corrected chi connectivity index (χ4v) is 2.93. The summed E-state index contributed by atoms with van der Waals surface area (Å²) in [6.45, 7) is 2.20. The van der Waals surface area contributed by atoms with Crippen LogP contribution >= 0.6 is 0 Å². The molecule has 0 unspecified atom stereocenters. The molecule has 2 nitrogen and oxygen atoms in total. The Labute approximate surface area is 88.1 Å². The van der Waals surface area contributed by atoms with Gasteiger partial charge >= 0.3 is 0 Å². The SMILES string of the molecule is CN(C1CCCCC1)C1CC[N]CC1. The molecule has 2 aliphatic rings. The van der Waals surface area contributed by atoms with Gasteiger partial charge in [0.15, 0.2) is 0 Å². The van der Waals surface area contributed by atoms with Crippen molar-refractivity contribution in [3.05, 3.63) is 0 Å². The lowest BCUT2D eigenvalue weighted by Gasteiger charge is -2.38. The Morgan fingerprint density at radius 2 is 1.43 bits per heavy atom. The van der Waals surface area contributed by atoms with Gasteiger partial charge in [-0.05, 0) is 32.7 Å². The van der Waals surface area contributed by atoms with Crippen LogP contribution in [0.3, 0.4) is 0 Å². The van der Waals surface area contributed by atoms with Crippen LogP contribution in [0.15, 0.2) is 0 Å². The molecule has 0 aromatic carbocycles. The first-order valence-corrected chi connectivity index (χ1v) is 6.23. The van der Waals surface area contributed by atoms with Gasteiger partial charge in [0.05, 0.1) is 0 Å². The molecule has 1 heterocycles. The molecule has 1 aliphatic carbocycles. The number of piperidine rings is 1. The van der Waals surface area contributed by atoms with Crippen LogP contribution in [0.1, 0.15) is 44.9 Å². The summed E-state index contributed by atoms with van der Waals surface area (Å²) in [6.07, 6.45) is 9.83. The number of rotatable bonds is 2. The summed E-state index contributed by atoms with van der Waals surface area (Å²) in [5.74, 6) is 0. The summed E-state index contributed by atoms with van der Waals surface area (Å²) in [6, 6.07) is 1.71. The molecule has 1 aliphatic heterocycles. The highest BCUT2D eigenvalue weighted by Gasteiger charge is 2.25. The average molecular weight is 195 g/mol. The van der Waals surface area contributed by atoms with E-state index in [4.69, 9.17) is 0 Å². The van der Waals surface area contributed by atoms with Crippen LogP contribution in [0.2, 0.25) is 0 Å². The van der Waals surface area contributed by atoms with E-state index in [1.54, 1.807) is 0 Å². The van der Waals surface area contributed by atoms with Crippen LogP contribution in [0.25, 0.3) is 0 Å². The second-order valence-corrected chi connectivity index (χ2v) is 4.86. The Kier molecular flexibility index (Phi) is 3.82. The van der Waals surface area contributed by atoms with E-state index in [0.29, 0.717) is 0 Å². The van der Waals surface area contributed by atoms with Gasteiger partial charge in [-0.1, -0.05) is 19.3 Å². The third kappa shape index (κ3) is 2.48. The lowest BCUT2D eigenvalue weighted by atomic mass is 9.92. The Morgan fingerprint density at radius 1 is 0.857 bits per heavy atom. The molecule has 2 heteroatoms. The first-order valence-electron chi connectivity index (χ1n) is 6.23. The van der Waals surface area contributed by atoms with Crippen LogP contribution in [-0.4, -0.2) is 37.1 Å². The second kappa shape index (κ2) is 5.13. The molecule has 81 valence electrons. The van der Waals surface area contributed by atoms with Crippen molar-refractivity contribution in [2.45, 2.75) is 57.0 Å². The summed E-state index contributed by atoms with van der Waals surface area (Å²) >= 11 is 0. The maximum atomic E-state index is 4.43. The molecule has 2 fully saturated rings. The second-order valence-electron chi connectivity index (χ2n) is 4.86. The monoisotopic (exact) mass is 195 g/mol. The molecular weight excluding hydrogens is 172 g/mol. The quantitative estimate of drug-likeness (QED) is 0.659. The van der Waals surface area contributed by atoms with Crippen molar-refractivity contribution in [1.29, 1.82) is 0 Å². The minimum absolute atomic E-state index is 0.829. The Bertz CT molecular complexity index is 140. The molecule has 14 heavy (non-hydrogen) atoms. The van der Waals surface area contributed by atoms with Crippen molar-refractivity contribution in [3.63, 3.8) is 0 Å². The largest absolute Gasteiger partial charge is 0.300 e. The third-order valence-electron chi connectivity index (χ3n) is 3.97. The van der Waals surface area contributed by atoms with E-state index >= 15 is 0 Å². The highest BCUT2D eigenvalue weighted by molar-refractivity contribution is 4.82. The highest BCUT2D eigenvalue weighted by Crippen LogP contribution is 2.25. The lowest BCUT2D eigenvalue weighted by Crippen LogP contribution is -2.45. The highest BCUT2D eigenvalue weighted by atomic mass is 15.2. The van der Waals surface area contributed by atoms with Gasteiger partial charge in [-0.3, -0.25) is 0 Å². The van der Waals surface area contributed by atoms with Crippen molar-refractivity contribution in [3.8, 4) is 0 Å². The lowest BCUT2D eigenvalue weighted by molar-refractivity contribution is 0.114. The predicted molar refractivity (Wildman–Crippen MR) is 59.5 cm³/mol. The normalized spacial score (nSPS) is 27.0. The standard InChI is InChI=1S/C12H23N2/c1-14(11-5-3-2-4-6-11)12-7-9-13-10-8-12/h11-12H,2-10H2,1H3. The molecule has 0 amide bonds. The molecule has 0 aromatic heterocycles. The van der Waals surface area contributed by atoms with E-state index in [9.17, 15) is 0 Å².